The molecule has 2 fully saturated rings. The molecule has 0 amide bonds. The van der Waals surface area contributed by atoms with E-state index < -0.39 is 0 Å². The van der Waals surface area contributed by atoms with Crippen LogP contribution in [0.3, 0.4) is 0 Å². The van der Waals surface area contributed by atoms with E-state index >= 15 is 0 Å². The van der Waals surface area contributed by atoms with Crippen molar-refractivity contribution in [3.05, 3.63) is 12.2 Å². The highest BCUT2D eigenvalue weighted by molar-refractivity contribution is 5.89. The summed E-state index contributed by atoms with van der Waals surface area (Å²) in [5.74, 6) is 2.05. The summed E-state index contributed by atoms with van der Waals surface area (Å²) in [6, 6.07) is 0. The molecule has 0 aromatic rings. The summed E-state index contributed by atoms with van der Waals surface area (Å²) in [7, 11) is 0. The zero-order valence-electron chi connectivity index (χ0n) is 7.25. The molecular formula is C11H14O. The van der Waals surface area contributed by atoms with Crippen LogP contribution in [0, 0.1) is 17.3 Å². The molecule has 4 aliphatic carbocycles. The van der Waals surface area contributed by atoms with Gasteiger partial charge in [-0.05, 0) is 37.5 Å². The normalized spacial score (nSPS) is 49.8. The van der Waals surface area contributed by atoms with Gasteiger partial charge in [0.1, 0.15) is 5.78 Å². The maximum Gasteiger partial charge on any atom is 0.143 e. The van der Waals surface area contributed by atoms with E-state index in [9.17, 15) is 4.79 Å². The number of carbonyl (C=O) groups excluding carboxylic acids is 1. The molecule has 4 aliphatic rings. The van der Waals surface area contributed by atoms with Gasteiger partial charge in [0.05, 0.1) is 0 Å². The second-order valence-corrected chi connectivity index (χ2v) is 4.59. The van der Waals surface area contributed by atoms with Crippen LogP contribution in [0.2, 0.25) is 0 Å². The van der Waals surface area contributed by atoms with Crippen LogP contribution >= 0.6 is 0 Å². The van der Waals surface area contributed by atoms with Crippen LogP contribution in [-0.4, -0.2) is 5.78 Å². The number of hydrogen-bond acceptors (Lipinski definition) is 1. The van der Waals surface area contributed by atoms with E-state index in [4.69, 9.17) is 0 Å². The van der Waals surface area contributed by atoms with Crippen molar-refractivity contribution in [3.8, 4) is 0 Å². The molecule has 4 rings (SSSR count). The standard InChI is InChI=1S/C11H14O/c12-10-2-1-9-7-8-3-5-11(9,10)6-4-8/h3,5,8-9H,1-2,4,6-7H2. The van der Waals surface area contributed by atoms with Crippen molar-refractivity contribution < 1.29 is 4.79 Å². The van der Waals surface area contributed by atoms with Gasteiger partial charge >= 0.3 is 0 Å². The maximum atomic E-state index is 11.7. The first-order chi connectivity index (χ1) is 5.81. The maximum absolute atomic E-state index is 11.7. The molecule has 64 valence electrons. The first kappa shape index (κ1) is 6.88. The van der Waals surface area contributed by atoms with Crippen LogP contribution in [-0.2, 0) is 4.79 Å². The largest absolute Gasteiger partial charge is 0.299 e. The predicted molar refractivity (Wildman–Crippen MR) is 46.6 cm³/mol. The van der Waals surface area contributed by atoms with E-state index in [-0.39, 0.29) is 5.41 Å². The Morgan fingerprint density at radius 2 is 2.33 bits per heavy atom. The summed E-state index contributed by atoms with van der Waals surface area (Å²) in [5.41, 5.74) is 0.0365. The third-order valence-electron chi connectivity index (χ3n) is 4.15. The number of allylic oxidation sites excluding steroid dienone is 2. The lowest BCUT2D eigenvalue weighted by Crippen LogP contribution is -2.39. The molecule has 0 saturated heterocycles. The average Bonchev–Trinajstić information content (AvgIpc) is 2.46. The monoisotopic (exact) mass is 162 g/mol. The highest BCUT2D eigenvalue weighted by atomic mass is 16.1. The van der Waals surface area contributed by atoms with E-state index in [1.807, 2.05) is 0 Å². The SMILES string of the molecule is O=C1CCC2CC3C=CC12CC3. The van der Waals surface area contributed by atoms with Crippen LogP contribution in [0.25, 0.3) is 0 Å². The first-order valence-electron chi connectivity index (χ1n) is 5.04. The van der Waals surface area contributed by atoms with Crippen molar-refractivity contribution in [3.63, 3.8) is 0 Å². The summed E-state index contributed by atoms with van der Waals surface area (Å²) < 4.78 is 0. The molecule has 2 saturated carbocycles. The molecule has 3 unspecified atom stereocenters. The number of hydrogen-bond donors (Lipinski definition) is 0. The lowest BCUT2D eigenvalue weighted by atomic mass is 9.60. The molecule has 0 heterocycles. The number of carbonyl (C=O) groups is 1. The first-order valence-corrected chi connectivity index (χ1v) is 5.04. The molecule has 3 atom stereocenters. The van der Waals surface area contributed by atoms with E-state index in [1.165, 1.54) is 19.3 Å². The lowest BCUT2D eigenvalue weighted by molar-refractivity contribution is -0.126. The van der Waals surface area contributed by atoms with Crippen LogP contribution in [0.4, 0.5) is 0 Å². The molecular weight excluding hydrogens is 148 g/mol. The van der Waals surface area contributed by atoms with Crippen LogP contribution in [0.5, 0.6) is 0 Å². The molecule has 1 spiro atoms. The van der Waals surface area contributed by atoms with Crippen molar-refractivity contribution in [2.24, 2.45) is 17.3 Å². The van der Waals surface area contributed by atoms with Crippen molar-refractivity contribution >= 4 is 5.78 Å². The zero-order chi connectivity index (χ0) is 8.18. The van der Waals surface area contributed by atoms with Crippen molar-refractivity contribution in [1.82, 2.24) is 0 Å². The smallest absolute Gasteiger partial charge is 0.143 e. The summed E-state index contributed by atoms with van der Waals surface area (Å²) in [6.45, 7) is 0. The molecule has 1 heteroatoms. The van der Waals surface area contributed by atoms with Crippen LogP contribution < -0.4 is 0 Å². The van der Waals surface area contributed by atoms with Gasteiger partial charge in [0, 0.05) is 11.8 Å². The average molecular weight is 162 g/mol. The van der Waals surface area contributed by atoms with Gasteiger partial charge in [-0.3, -0.25) is 4.79 Å². The molecule has 12 heavy (non-hydrogen) atoms. The minimum atomic E-state index is 0.0365. The molecule has 0 aromatic carbocycles. The third-order valence-corrected chi connectivity index (χ3v) is 4.15. The number of rotatable bonds is 0. The molecule has 0 N–H and O–H groups in total. The topological polar surface area (TPSA) is 17.1 Å². The molecule has 0 aromatic heterocycles. The number of fused-ring (bicyclic) bond motifs is 1. The number of ketones is 1. The molecule has 2 bridgehead atoms. The van der Waals surface area contributed by atoms with Crippen molar-refractivity contribution in [2.75, 3.05) is 0 Å². The molecule has 1 nitrogen and oxygen atoms in total. The van der Waals surface area contributed by atoms with E-state index in [1.54, 1.807) is 0 Å². The zero-order valence-corrected chi connectivity index (χ0v) is 7.25. The Morgan fingerprint density at radius 1 is 1.42 bits per heavy atom. The van der Waals surface area contributed by atoms with Gasteiger partial charge < -0.3 is 0 Å². The van der Waals surface area contributed by atoms with Gasteiger partial charge in [0.25, 0.3) is 0 Å². The Labute approximate surface area is 72.8 Å². The number of Topliss-reactive ketones (excluding diaryl/α,β-unsaturated/α-hetero) is 1. The summed E-state index contributed by atoms with van der Waals surface area (Å²) in [6.07, 6.45) is 10.3. The summed E-state index contributed by atoms with van der Waals surface area (Å²) in [4.78, 5) is 11.7. The Bertz CT molecular complexity index is 266. The molecule has 0 radical (unpaired) electrons. The Hall–Kier alpha value is -0.590. The summed E-state index contributed by atoms with van der Waals surface area (Å²) in [5, 5.41) is 0. The van der Waals surface area contributed by atoms with Gasteiger partial charge in [0.2, 0.25) is 0 Å². The van der Waals surface area contributed by atoms with Gasteiger partial charge in [-0.1, -0.05) is 12.2 Å². The Balaban J connectivity index is 2.11. The quantitative estimate of drug-likeness (QED) is 0.499. The second kappa shape index (κ2) is 2.01. The Kier molecular flexibility index (Phi) is 1.15. The van der Waals surface area contributed by atoms with Crippen LogP contribution in [0.15, 0.2) is 12.2 Å². The van der Waals surface area contributed by atoms with Gasteiger partial charge in [-0.25, -0.2) is 0 Å². The highest BCUT2D eigenvalue weighted by Crippen LogP contribution is 2.56. The second-order valence-electron chi connectivity index (χ2n) is 4.59. The minimum absolute atomic E-state index is 0.0365. The fraction of sp³-hybridized carbons (Fsp3) is 0.727. The van der Waals surface area contributed by atoms with Gasteiger partial charge in [0.15, 0.2) is 0 Å². The van der Waals surface area contributed by atoms with Crippen LogP contribution in [0.1, 0.15) is 32.1 Å². The van der Waals surface area contributed by atoms with Crippen molar-refractivity contribution in [2.45, 2.75) is 32.1 Å². The van der Waals surface area contributed by atoms with Gasteiger partial charge in [-0.2, -0.15) is 0 Å². The molecule has 0 aliphatic heterocycles. The van der Waals surface area contributed by atoms with Crippen molar-refractivity contribution in [1.29, 1.82) is 0 Å². The van der Waals surface area contributed by atoms with E-state index in [0.717, 1.165) is 18.8 Å². The highest BCUT2D eigenvalue weighted by Gasteiger charge is 2.52. The fourth-order valence-corrected chi connectivity index (χ4v) is 3.40. The fourth-order valence-electron chi connectivity index (χ4n) is 3.40. The predicted octanol–water partition coefficient (Wildman–Crippen LogP) is 2.32. The lowest BCUT2D eigenvalue weighted by Gasteiger charge is -2.43. The minimum Gasteiger partial charge on any atom is -0.299 e. The Morgan fingerprint density at radius 3 is 3.00 bits per heavy atom. The summed E-state index contributed by atoms with van der Waals surface area (Å²) >= 11 is 0. The van der Waals surface area contributed by atoms with E-state index in [2.05, 4.69) is 12.2 Å². The third kappa shape index (κ3) is 0.634. The van der Waals surface area contributed by atoms with Gasteiger partial charge in [-0.15, -0.1) is 0 Å². The van der Waals surface area contributed by atoms with E-state index in [0.29, 0.717) is 11.7 Å².